The molecule has 0 aliphatic heterocycles. The number of anilines is 2. The summed E-state index contributed by atoms with van der Waals surface area (Å²) in [5, 5.41) is 3.33. The lowest BCUT2D eigenvalue weighted by Gasteiger charge is -2.07. The predicted octanol–water partition coefficient (Wildman–Crippen LogP) is 3.78. The Morgan fingerprint density at radius 1 is 1.25 bits per heavy atom. The molecule has 1 aromatic carbocycles. The highest BCUT2D eigenvalue weighted by Crippen LogP contribution is 2.25. The maximum atomic E-state index is 13.0. The minimum absolute atomic E-state index is 0.361. The number of rotatable bonds is 2. The van der Waals surface area contributed by atoms with Crippen LogP contribution >= 0.6 is 27.5 Å². The molecule has 0 amide bonds. The van der Waals surface area contributed by atoms with Crippen molar-refractivity contribution in [2.45, 2.75) is 0 Å². The van der Waals surface area contributed by atoms with E-state index in [0.717, 1.165) is 0 Å². The van der Waals surface area contributed by atoms with Crippen LogP contribution in [0, 0.1) is 5.82 Å². The summed E-state index contributed by atoms with van der Waals surface area (Å²) in [5.41, 5.74) is 0.465. The largest absolute Gasteiger partial charge is 0.339 e. The van der Waals surface area contributed by atoms with Crippen molar-refractivity contribution in [1.82, 2.24) is 9.97 Å². The third kappa shape index (κ3) is 2.68. The molecule has 0 saturated carbocycles. The zero-order chi connectivity index (χ0) is 11.5. The van der Waals surface area contributed by atoms with Gasteiger partial charge in [-0.15, -0.1) is 0 Å². The van der Waals surface area contributed by atoms with Crippen molar-refractivity contribution in [3.8, 4) is 0 Å². The Labute approximate surface area is 105 Å². The van der Waals surface area contributed by atoms with E-state index in [9.17, 15) is 4.39 Å². The monoisotopic (exact) mass is 301 g/mol. The van der Waals surface area contributed by atoms with Crippen LogP contribution in [0.2, 0.25) is 5.02 Å². The summed E-state index contributed by atoms with van der Waals surface area (Å²) in [6.45, 7) is 0. The molecule has 2 aromatic rings. The molecule has 0 radical (unpaired) electrons. The fraction of sp³-hybridized carbons (Fsp3) is 0. The summed E-state index contributed by atoms with van der Waals surface area (Å²) in [5.74, 6) is 0.175. The topological polar surface area (TPSA) is 37.8 Å². The molecule has 1 aromatic heterocycles. The van der Waals surface area contributed by atoms with Gasteiger partial charge in [-0.25, -0.2) is 14.4 Å². The van der Waals surface area contributed by atoms with Crippen LogP contribution in [0.1, 0.15) is 0 Å². The molecule has 1 N–H and O–H groups in total. The first-order valence-electron chi connectivity index (χ1n) is 4.35. The Hall–Kier alpha value is -1.20. The number of hydrogen-bond donors (Lipinski definition) is 1. The molecule has 0 unspecified atom stereocenters. The molecule has 0 fully saturated rings. The number of benzene rings is 1. The zero-order valence-electron chi connectivity index (χ0n) is 7.92. The van der Waals surface area contributed by atoms with Gasteiger partial charge < -0.3 is 5.32 Å². The van der Waals surface area contributed by atoms with Gasteiger partial charge in [-0.3, -0.25) is 0 Å². The molecule has 0 saturated heterocycles. The highest BCUT2D eigenvalue weighted by Gasteiger charge is 2.03. The van der Waals surface area contributed by atoms with Crippen LogP contribution in [0.5, 0.6) is 0 Å². The first-order chi connectivity index (χ1) is 7.65. The van der Waals surface area contributed by atoms with E-state index in [0.29, 0.717) is 21.1 Å². The molecule has 0 aliphatic rings. The molecule has 1 heterocycles. The van der Waals surface area contributed by atoms with Crippen LogP contribution in [-0.2, 0) is 0 Å². The third-order valence-electron chi connectivity index (χ3n) is 1.82. The standard InChI is InChI=1S/C10H6BrClFN3/c11-9-4-10(15-5-14-9)16-8-3-6(13)1-2-7(8)12/h1-5H,(H,14,15,16). The van der Waals surface area contributed by atoms with Gasteiger partial charge in [0.15, 0.2) is 0 Å². The van der Waals surface area contributed by atoms with Crippen molar-refractivity contribution in [3.05, 3.63) is 46.0 Å². The normalized spacial score (nSPS) is 10.2. The van der Waals surface area contributed by atoms with E-state index in [2.05, 4.69) is 31.2 Å². The highest BCUT2D eigenvalue weighted by atomic mass is 79.9. The number of nitrogens with one attached hydrogen (secondary N) is 1. The van der Waals surface area contributed by atoms with Gasteiger partial charge in [0.2, 0.25) is 0 Å². The van der Waals surface area contributed by atoms with Crippen molar-refractivity contribution in [2.24, 2.45) is 0 Å². The van der Waals surface area contributed by atoms with Crippen LogP contribution in [0.3, 0.4) is 0 Å². The average molecular weight is 303 g/mol. The number of halogens is 3. The average Bonchev–Trinajstić information content (AvgIpc) is 2.24. The Kier molecular flexibility index (Phi) is 3.36. The van der Waals surface area contributed by atoms with Gasteiger partial charge in [-0.05, 0) is 34.1 Å². The minimum Gasteiger partial charge on any atom is -0.339 e. The fourth-order valence-electron chi connectivity index (χ4n) is 1.13. The molecule has 0 bridgehead atoms. The number of nitrogens with zero attached hydrogens (tertiary/aromatic N) is 2. The Morgan fingerprint density at radius 2 is 2.06 bits per heavy atom. The molecule has 16 heavy (non-hydrogen) atoms. The Morgan fingerprint density at radius 3 is 2.81 bits per heavy atom. The van der Waals surface area contributed by atoms with Crippen molar-refractivity contribution in [2.75, 3.05) is 5.32 Å². The lowest BCUT2D eigenvalue weighted by molar-refractivity contribution is 0.628. The number of aromatic nitrogens is 2. The van der Waals surface area contributed by atoms with Crippen LogP contribution in [0.25, 0.3) is 0 Å². The summed E-state index contributed by atoms with van der Waals surface area (Å²) < 4.78 is 13.6. The van der Waals surface area contributed by atoms with Crippen molar-refractivity contribution >= 4 is 39.0 Å². The zero-order valence-corrected chi connectivity index (χ0v) is 10.3. The van der Waals surface area contributed by atoms with Crippen molar-refractivity contribution in [3.63, 3.8) is 0 Å². The first kappa shape index (κ1) is 11.3. The Balaban J connectivity index is 2.30. The lowest BCUT2D eigenvalue weighted by Crippen LogP contribution is -1.95. The van der Waals surface area contributed by atoms with Crippen molar-refractivity contribution in [1.29, 1.82) is 0 Å². The molecule has 82 valence electrons. The Bertz CT molecular complexity index is 521. The second kappa shape index (κ2) is 4.76. The van der Waals surface area contributed by atoms with E-state index < -0.39 is 0 Å². The lowest BCUT2D eigenvalue weighted by atomic mass is 10.3. The van der Waals surface area contributed by atoms with Gasteiger partial charge >= 0.3 is 0 Å². The number of hydrogen-bond acceptors (Lipinski definition) is 3. The second-order valence-electron chi connectivity index (χ2n) is 2.98. The van der Waals surface area contributed by atoms with E-state index in [4.69, 9.17) is 11.6 Å². The quantitative estimate of drug-likeness (QED) is 0.858. The van der Waals surface area contributed by atoms with Gasteiger partial charge in [0.05, 0.1) is 10.7 Å². The molecule has 2 rings (SSSR count). The minimum atomic E-state index is -0.361. The molecule has 0 aliphatic carbocycles. The maximum absolute atomic E-state index is 13.0. The molecule has 3 nitrogen and oxygen atoms in total. The summed E-state index contributed by atoms with van der Waals surface area (Å²) in [7, 11) is 0. The van der Waals surface area contributed by atoms with E-state index in [1.165, 1.54) is 24.5 Å². The van der Waals surface area contributed by atoms with E-state index in [1.54, 1.807) is 6.07 Å². The summed E-state index contributed by atoms with van der Waals surface area (Å²) in [6, 6.07) is 5.75. The van der Waals surface area contributed by atoms with E-state index in [-0.39, 0.29) is 5.82 Å². The van der Waals surface area contributed by atoms with Gasteiger partial charge in [-0.2, -0.15) is 0 Å². The van der Waals surface area contributed by atoms with Crippen LogP contribution < -0.4 is 5.32 Å². The smallest absolute Gasteiger partial charge is 0.134 e. The molecule has 0 atom stereocenters. The third-order valence-corrected chi connectivity index (χ3v) is 2.59. The first-order valence-corrected chi connectivity index (χ1v) is 5.52. The highest BCUT2D eigenvalue weighted by molar-refractivity contribution is 9.10. The van der Waals surface area contributed by atoms with Gasteiger partial charge in [0.25, 0.3) is 0 Å². The summed E-state index contributed by atoms with van der Waals surface area (Å²) >= 11 is 9.11. The second-order valence-corrected chi connectivity index (χ2v) is 4.19. The predicted molar refractivity (Wildman–Crippen MR) is 64.4 cm³/mol. The fourth-order valence-corrected chi connectivity index (χ4v) is 1.61. The van der Waals surface area contributed by atoms with E-state index >= 15 is 0 Å². The van der Waals surface area contributed by atoms with E-state index in [1.807, 2.05) is 0 Å². The SMILES string of the molecule is Fc1ccc(Cl)c(Nc2cc(Br)ncn2)c1. The molecule has 0 spiro atoms. The van der Waals surface area contributed by atoms with Crippen LogP contribution in [0.15, 0.2) is 35.2 Å². The molecular weight excluding hydrogens is 296 g/mol. The maximum Gasteiger partial charge on any atom is 0.134 e. The molecule has 6 heteroatoms. The van der Waals surface area contributed by atoms with Crippen LogP contribution in [0.4, 0.5) is 15.9 Å². The molecular formula is C10H6BrClFN3. The van der Waals surface area contributed by atoms with Crippen LogP contribution in [-0.4, -0.2) is 9.97 Å². The summed E-state index contributed by atoms with van der Waals surface area (Å²) in [4.78, 5) is 7.85. The van der Waals surface area contributed by atoms with Crippen molar-refractivity contribution < 1.29 is 4.39 Å². The van der Waals surface area contributed by atoms with Gasteiger partial charge in [0, 0.05) is 6.07 Å². The van der Waals surface area contributed by atoms with Gasteiger partial charge in [0.1, 0.15) is 22.6 Å². The van der Waals surface area contributed by atoms with Gasteiger partial charge in [-0.1, -0.05) is 11.6 Å². The summed E-state index contributed by atoms with van der Waals surface area (Å²) in [6.07, 6.45) is 1.39.